The van der Waals surface area contributed by atoms with Gasteiger partial charge in [0.1, 0.15) is 5.69 Å². The summed E-state index contributed by atoms with van der Waals surface area (Å²) in [6.45, 7) is 7.57. The zero-order chi connectivity index (χ0) is 15.5. The van der Waals surface area contributed by atoms with E-state index in [0.29, 0.717) is 0 Å². The molecule has 1 aromatic carbocycles. The largest absolute Gasteiger partial charge is 0.421 e. The number of anilines is 1. The molecule has 21 heavy (non-hydrogen) atoms. The van der Waals surface area contributed by atoms with E-state index in [-0.39, 0.29) is 5.41 Å². The summed E-state index contributed by atoms with van der Waals surface area (Å²) in [6, 6.07) is 8.01. The number of rotatable bonds is 4. The van der Waals surface area contributed by atoms with E-state index in [0.717, 1.165) is 23.9 Å². The van der Waals surface area contributed by atoms with Gasteiger partial charge in [-0.3, -0.25) is 0 Å². The molecule has 2 rings (SSSR count). The second kappa shape index (κ2) is 6.08. The van der Waals surface area contributed by atoms with Crippen LogP contribution in [0.3, 0.4) is 0 Å². The minimum atomic E-state index is 0.264. The maximum atomic E-state index is 4.28. The Kier molecular flexibility index (Phi) is 4.40. The summed E-state index contributed by atoms with van der Waals surface area (Å²) in [4.78, 5) is 0. The molecule has 112 valence electrons. The summed E-state index contributed by atoms with van der Waals surface area (Å²) < 4.78 is 3.87. The van der Waals surface area contributed by atoms with E-state index >= 15 is 0 Å². The molecule has 0 radical (unpaired) electrons. The van der Waals surface area contributed by atoms with Gasteiger partial charge in [-0.05, 0) is 29.7 Å². The van der Waals surface area contributed by atoms with Crippen molar-refractivity contribution in [2.45, 2.75) is 20.8 Å². The van der Waals surface area contributed by atoms with Gasteiger partial charge in [0.05, 0.1) is 26.5 Å². The van der Waals surface area contributed by atoms with Gasteiger partial charge in [0.15, 0.2) is 0 Å². The van der Waals surface area contributed by atoms with E-state index in [9.17, 15) is 0 Å². The maximum Gasteiger partial charge on any atom is 0.421 e. The smallest absolute Gasteiger partial charge is 0.385 e. The van der Waals surface area contributed by atoms with Crippen LogP contribution in [0.25, 0.3) is 0 Å². The molecule has 0 atom stereocenters. The van der Waals surface area contributed by atoms with Gasteiger partial charge >= 0.3 is 5.95 Å². The molecule has 0 saturated heterocycles. The topological polar surface area (TPSA) is 45.6 Å². The Labute approximate surface area is 126 Å². The predicted octanol–water partition coefficient (Wildman–Crippen LogP) is 3.72. The number of benzene rings is 1. The molecule has 2 aromatic rings. The van der Waals surface area contributed by atoms with Crippen LogP contribution in [0, 0.1) is 5.41 Å². The van der Waals surface area contributed by atoms with Crippen molar-refractivity contribution < 1.29 is 4.57 Å². The molecule has 0 aliphatic heterocycles. The standard InChI is InChI=1S/C16H23N5/c1-16(2,3)12-17-13-6-8-14(9-7-13)18-19-15-20(4)10-11-21(15)5/h6-11H,12H2,1-5H3/p+1. The number of hydrogen-bond donors (Lipinski definition) is 1. The highest BCUT2D eigenvalue weighted by Gasteiger charge is 2.11. The zero-order valence-corrected chi connectivity index (χ0v) is 13.5. The van der Waals surface area contributed by atoms with Crippen molar-refractivity contribution in [2.24, 2.45) is 29.7 Å². The first-order valence-electron chi connectivity index (χ1n) is 7.12. The molecular weight excluding hydrogens is 262 g/mol. The molecule has 1 aromatic heterocycles. The van der Waals surface area contributed by atoms with Crippen LogP contribution in [0.4, 0.5) is 17.3 Å². The molecule has 0 saturated carbocycles. The summed E-state index contributed by atoms with van der Waals surface area (Å²) >= 11 is 0. The minimum absolute atomic E-state index is 0.264. The van der Waals surface area contributed by atoms with Gasteiger partial charge in [-0.2, -0.15) is 0 Å². The lowest BCUT2D eigenvalue weighted by Crippen LogP contribution is -2.25. The zero-order valence-electron chi connectivity index (χ0n) is 13.5. The Morgan fingerprint density at radius 2 is 1.81 bits per heavy atom. The molecule has 5 nitrogen and oxygen atoms in total. The summed E-state index contributed by atoms with van der Waals surface area (Å²) in [5, 5.41) is 12.0. The van der Waals surface area contributed by atoms with Gasteiger partial charge in [0, 0.05) is 17.3 Å². The molecule has 1 heterocycles. The third kappa shape index (κ3) is 4.41. The van der Waals surface area contributed by atoms with Crippen molar-refractivity contribution in [2.75, 3.05) is 11.9 Å². The first-order valence-corrected chi connectivity index (χ1v) is 7.12. The summed E-state index contributed by atoms with van der Waals surface area (Å²) in [7, 11) is 3.90. The lowest BCUT2D eigenvalue weighted by molar-refractivity contribution is -0.657. The van der Waals surface area contributed by atoms with E-state index in [4.69, 9.17) is 0 Å². The Morgan fingerprint density at radius 3 is 2.33 bits per heavy atom. The van der Waals surface area contributed by atoms with Crippen LogP contribution in [0.15, 0.2) is 46.9 Å². The van der Waals surface area contributed by atoms with Gasteiger partial charge in [0.2, 0.25) is 0 Å². The minimum Gasteiger partial charge on any atom is -0.385 e. The van der Waals surface area contributed by atoms with Gasteiger partial charge < -0.3 is 5.32 Å². The first-order chi connectivity index (χ1) is 9.85. The van der Waals surface area contributed by atoms with Crippen LogP contribution >= 0.6 is 0 Å². The second-order valence-electron chi connectivity index (χ2n) is 6.48. The quantitative estimate of drug-likeness (QED) is 0.675. The van der Waals surface area contributed by atoms with E-state index < -0.39 is 0 Å². The SMILES string of the molecule is Cn1cc[n+](C)c1/N=N/c1ccc(NCC(C)(C)C)cc1. The number of hydrogen-bond acceptors (Lipinski definition) is 3. The summed E-state index contributed by atoms with van der Waals surface area (Å²) in [5.41, 5.74) is 2.21. The van der Waals surface area contributed by atoms with Crippen LogP contribution in [0.5, 0.6) is 0 Å². The highest BCUT2D eigenvalue weighted by atomic mass is 15.3. The van der Waals surface area contributed by atoms with Crippen molar-refractivity contribution in [3.05, 3.63) is 36.7 Å². The highest BCUT2D eigenvalue weighted by molar-refractivity contribution is 5.50. The first kappa shape index (κ1) is 15.2. The van der Waals surface area contributed by atoms with Crippen LogP contribution in [0.1, 0.15) is 20.8 Å². The fourth-order valence-corrected chi connectivity index (χ4v) is 1.84. The maximum absolute atomic E-state index is 4.28. The lowest BCUT2D eigenvalue weighted by atomic mass is 9.97. The molecule has 0 aliphatic rings. The number of imidazole rings is 1. The predicted molar refractivity (Wildman–Crippen MR) is 85.2 cm³/mol. The van der Waals surface area contributed by atoms with Crippen molar-refractivity contribution in [3.8, 4) is 0 Å². The Bertz CT molecular complexity index is 598. The molecule has 0 bridgehead atoms. The second-order valence-corrected chi connectivity index (χ2v) is 6.48. The van der Waals surface area contributed by atoms with Crippen molar-refractivity contribution in [1.82, 2.24) is 4.57 Å². The number of aryl methyl sites for hydroxylation is 2. The van der Waals surface area contributed by atoms with Crippen LogP contribution in [-0.4, -0.2) is 11.1 Å². The number of nitrogens with zero attached hydrogens (tertiary/aromatic N) is 4. The van der Waals surface area contributed by atoms with Crippen LogP contribution in [0.2, 0.25) is 0 Å². The van der Waals surface area contributed by atoms with Crippen molar-refractivity contribution in [3.63, 3.8) is 0 Å². The van der Waals surface area contributed by atoms with Crippen molar-refractivity contribution >= 4 is 17.3 Å². The molecule has 5 heteroatoms. The summed E-state index contributed by atoms with van der Waals surface area (Å²) in [5.74, 6) is 0.810. The fraction of sp³-hybridized carbons (Fsp3) is 0.438. The van der Waals surface area contributed by atoms with E-state index in [1.165, 1.54) is 0 Å². The molecule has 0 spiro atoms. The van der Waals surface area contributed by atoms with Crippen molar-refractivity contribution in [1.29, 1.82) is 0 Å². The van der Waals surface area contributed by atoms with Crippen LogP contribution < -0.4 is 9.88 Å². The molecule has 1 N–H and O–H groups in total. The molecule has 0 fully saturated rings. The molecule has 0 amide bonds. The van der Waals surface area contributed by atoms with Gasteiger partial charge in [0.25, 0.3) is 0 Å². The van der Waals surface area contributed by atoms with Crippen LogP contribution in [-0.2, 0) is 14.1 Å². The average molecular weight is 286 g/mol. The highest BCUT2D eigenvalue weighted by Crippen LogP contribution is 2.20. The fourth-order valence-electron chi connectivity index (χ4n) is 1.84. The van der Waals surface area contributed by atoms with E-state index in [1.807, 2.05) is 59.9 Å². The number of azo groups is 1. The third-order valence-electron chi connectivity index (χ3n) is 3.09. The monoisotopic (exact) mass is 286 g/mol. The molecule has 0 unspecified atom stereocenters. The Hall–Kier alpha value is -2.17. The van der Waals surface area contributed by atoms with Gasteiger partial charge in [-0.25, -0.2) is 9.13 Å². The average Bonchev–Trinajstić information content (AvgIpc) is 2.74. The number of aromatic nitrogens is 2. The normalized spacial score (nSPS) is 12.0. The van der Waals surface area contributed by atoms with Gasteiger partial charge in [-0.15, -0.1) is 0 Å². The third-order valence-corrected chi connectivity index (χ3v) is 3.09. The Morgan fingerprint density at radius 1 is 1.14 bits per heavy atom. The number of nitrogens with one attached hydrogen (secondary N) is 1. The molecular formula is C16H24N5+. The van der Waals surface area contributed by atoms with E-state index in [1.54, 1.807) is 0 Å². The Balaban J connectivity index is 2.03. The van der Waals surface area contributed by atoms with E-state index in [2.05, 4.69) is 36.3 Å². The molecule has 0 aliphatic carbocycles. The summed E-state index contributed by atoms with van der Waals surface area (Å²) in [6.07, 6.45) is 3.90. The lowest BCUT2D eigenvalue weighted by Gasteiger charge is -2.19. The van der Waals surface area contributed by atoms with Gasteiger partial charge in [-0.1, -0.05) is 25.9 Å².